The van der Waals surface area contributed by atoms with Crippen LogP contribution in [0.5, 0.6) is 5.75 Å². The zero-order valence-electron chi connectivity index (χ0n) is 18.2. The predicted molar refractivity (Wildman–Crippen MR) is 119 cm³/mol. The number of benzene rings is 2. The number of ether oxygens (including phenoxy) is 1. The van der Waals surface area contributed by atoms with Crippen molar-refractivity contribution in [2.45, 2.75) is 56.1 Å². The lowest BCUT2D eigenvalue weighted by atomic mass is 9.95. The van der Waals surface area contributed by atoms with E-state index in [0.29, 0.717) is 29.4 Å². The van der Waals surface area contributed by atoms with Gasteiger partial charge in [0.2, 0.25) is 0 Å². The van der Waals surface area contributed by atoms with Crippen molar-refractivity contribution in [1.82, 2.24) is 9.62 Å². The number of hydrogen-bond acceptors (Lipinski definition) is 6. The standard InChI is InChI=1S/C23H28N2O6S/c1-3-4-9-21(23(27)28)25(32(29,30)19-12-10-18(31-2)11-13-19)22(26)20-14-16-7-5-6-8-17(16)15-24-20/h5-8,10-13,20-21,24H,3-4,9,14-15H2,1-2H3,(H,27,28)/t20-,21-/m0/s1. The van der Waals surface area contributed by atoms with E-state index in [9.17, 15) is 23.1 Å². The van der Waals surface area contributed by atoms with Crippen molar-refractivity contribution < 1.29 is 27.9 Å². The van der Waals surface area contributed by atoms with E-state index >= 15 is 0 Å². The Morgan fingerprint density at radius 1 is 1.16 bits per heavy atom. The first kappa shape index (κ1) is 23.7. The van der Waals surface area contributed by atoms with E-state index in [4.69, 9.17) is 4.74 Å². The van der Waals surface area contributed by atoms with Gasteiger partial charge in [-0.05, 0) is 48.2 Å². The van der Waals surface area contributed by atoms with Crippen molar-refractivity contribution in [3.05, 3.63) is 59.7 Å². The van der Waals surface area contributed by atoms with Gasteiger partial charge in [0.25, 0.3) is 15.9 Å². The van der Waals surface area contributed by atoms with Crippen molar-refractivity contribution in [2.75, 3.05) is 7.11 Å². The van der Waals surface area contributed by atoms with Crippen LogP contribution in [0, 0.1) is 0 Å². The van der Waals surface area contributed by atoms with Gasteiger partial charge in [0.1, 0.15) is 11.8 Å². The van der Waals surface area contributed by atoms with E-state index in [1.165, 1.54) is 31.4 Å². The molecule has 3 rings (SSSR count). The maximum Gasteiger partial charge on any atom is 0.327 e. The van der Waals surface area contributed by atoms with E-state index in [1.807, 2.05) is 31.2 Å². The summed E-state index contributed by atoms with van der Waals surface area (Å²) in [7, 11) is -2.96. The zero-order valence-corrected chi connectivity index (χ0v) is 19.0. The van der Waals surface area contributed by atoms with Gasteiger partial charge >= 0.3 is 5.97 Å². The number of sulfonamides is 1. The summed E-state index contributed by atoms with van der Waals surface area (Å²) < 4.78 is 32.7. The first-order chi connectivity index (χ1) is 15.3. The number of aliphatic carboxylic acids is 1. The fourth-order valence-electron chi connectivity index (χ4n) is 3.82. The van der Waals surface area contributed by atoms with Crippen LogP contribution in [0.25, 0.3) is 0 Å². The van der Waals surface area contributed by atoms with Crippen LogP contribution in [0.15, 0.2) is 53.4 Å². The lowest BCUT2D eigenvalue weighted by Gasteiger charge is -2.33. The van der Waals surface area contributed by atoms with Gasteiger partial charge in [0, 0.05) is 6.54 Å². The molecule has 1 aliphatic rings. The van der Waals surface area contributed by atoms with Crippen molar-refractivity contribution >= 4 is 21.9 Å². The second-order valence-electron chi connectivity index (χ2n) is 7.72. The van der Waals surface area contributed by atoms with Crippen LogP contribution >= 0.6 is 0 Å². The first-order valence-electron chi connectivity index (χ1n) is 10.5. The molecule has 172 valence electrons. The van der Waals surface area contributed by atoms with Gasteiger partial charge in [-0.3, -0.25) is 4.79 Å². The highest BCUT2D eigenvalue weighted by Crippen LogP contribution is 2.26. The molecule has 32 heavy (non-hydrogen) atoms. The summed E-state index contributed by atoms with van der Waals surface area (Å²) in [4.78, 5) is 25.5. The smallest absolute Gasteiger partial charge is 0.327 e. The van der Waals surface area contributed by atoms with Crippen LogP contribution in [0.3, 0.4) is 0 Å². The monoisotopic (exact) mass is 460 g/mol. The third-order valence-electron chi connectivity index (χ3n) is 5.61. The Morgan fingerprint density at radius 2 is 1.81 bits per heavy atom. The van der Waals surface area contributed by atoms with Crippen LogP contribution in [0.4, 0.5) is 0 Å². The number of carbonyl (C=O) groups excluding carboxylic acids is 1. The molecule has 0 saturated heterocycles. The summed E-state index contributed by atoms with van der Waals surface area (Å²) in [6.07, 6.45) is 1.46. The van der Waals surface area contributed by atoms with Crippen LogP contribution in [0.2, 0.25) is 0 Å². The van der Waals surface area contributed by atoms with E-state index in [0.717, 1.165) is 11.1 Å². The normalized spacial score (nSPS) is 16.6. The Bertz CT molecular complexity index is 1070. The van der Waals surface area contributed by atoms with E-state index in [-0.39, 0.29) is 17.7 Å². The molecular weight excluding hydrogens is 432 g/mol. The Hall–Kier alpha value is -2.91. The van der Waals surface area contributed by atoms with Gasteiger partial charge in [0.15, 0.2) is 0 Å². The Labute approximate surface area is 188 Å². The molecule has 0 saturated carbocycles. The van der Waals surface area contributed by atoms with Crippen LogP contribution in [-0.4, -0.2) is 48.9 Å². The van der Waals surface area contributed by atoms with Crippen molar-refractivity contribution in [2.24, 2.45) is 0 Å². The summed E-state index contributed by atoms with van der Waals surface area (Å²) in [5.41, 5.74) is 1.97. The number of nitrogens with zero attached hydrogens (tertiary/aromatic N) is 1. The molecule has 0 aromatic heterocycles. The molecule has 2 aromatic rings. The molecule has 0 bridgehead atoms. The molecule has 0 aliphatic carbocycles. The van der Waals surface area contributed by atoms with Crippen molar-refractivity contribution in [3.63, 3.8) is 0 Å². The van der Waals surface area contributed by atoms with Crippen molar-refractivity contribution in [1.29, 1.82) is 0 Å². The Kier molecular flexibility index (Phi) is 7.52. The number of carboxylic acid groups (broad SMARTS) is 1. The molecule has 1 aliphatic heterocycles. The molecule has 0 spiro atoms. The van der Waals surface area contributed by atoms with Gasteiger partial charge in [0.05, 0.1) is 18.0 Å². The molecule has 2 N–H and O–H groups in total. The van der Waals surface area contributed by atoms with Gasteiger partial charge in [-0.25, -0.2) is 17.5 Å². The van der Waals surface area contributed by atoms with E-state index in [1.54, 1.807) is 0 Å². The second kappa shape index (κ2) is 10.1. The molecule has 1 amide bonds. The number of unbranched alkanes of at least 4 members (excludes halogenated alkanes) is 1. The number of carboxylic acids is 1. The summed E-state index contributed by atoms with van der Waals surface area (Å²) in [5.74, 6) is -1.66. The molecule has 2 aromatic carbocycles. The number of rotatable bonds is 9. The van der Waals surface area contributed by atoms with E-state index in [2.05, 4.69) is 5.32 Å². The SMILES string of the molecule is CCCC[C@@H](C(=O)O)N(C(=O)[C@@H]1Cc2ccccc2CN1)S(=O)(=O)c1ccc(OC)cc1. The minimum atomic E-state index is -4.42. The van der Waals surface area contributed by atoms with Gasteiger partial charge < -0.3 is 15.2 Å². The fraction of sp³-hybridized carbons (Fsp3) is 0.391. The average molecular weight is 461 g/mol. The number of nitrogens with one attached hydrogen (secondary N) is 1. The lowest BCUT2D eigenvalue weighted by Crippen LogP contribution is -2.56. The molecule has 0 radical (unpaired) electrons. The first-order valence-corrected chi connectivity index (χ1v) is 12.0. The fourth-order valence-corrected chi connectivity index (χ4v) is 5.42. The minimum absolute atomic E-state index is 0.0380. The molecular formula is C23H28N2O6S. The highest BCUT2D eigenvalue weighted by molar-refractivity contribution is 7.89. The summed E-state index contributed by atoms with van der Waals surface area (Å²) in [6, 6.07) is 10.8. The Balaban J connectivity index is 2.01. The van der Waals surface area contributed by atoms with Crippen molar-refractivity contribution in [3.8, 4) is 5.75 Å². The van der Waals surface area contributed by atoms with Gasteiger partial charge in [-0.15, -0.1) is 0 Å². The number of carbonyl (C=O) groups is 2. The third-order valence-corrected chi connectivity index (χ3v) is 7.43. The largest absolute Gasteiger partial charge is 0.497 e. The predicted octanol–water partition coefficient (Wildman–Crippen LogP) is 2.57. The molecule has 0 unspecified atom stereocenters. The third kappa shape index (κ3) is 4.94. The van der Waals surface area contributed by atoms with Crippen LogP contribution in [-0.2, 0) is 32.6 Å². The molecule has 1 heterocycles. The molecule has 8 nitrogen and oxygen atoms in total. The average Bonchev–Trinajstić information content (AvgIpc) is 2.80. The van der Waals surface area contributed by atoms with Crippen LogP contribution in [0.1, 0.15) is 37.3 Å². The highest BCUT2D eigenvalue weighted by atomic mass is 32.2. The molecule has 9 heteroatoms. The summed E-state index contributed by atoms with van der Waals surface area (Å²) in [5, 5.41) is 12.9. The molecule has 2 atom stereocenters. The maximum absolute atomic E-state index is 13.6. The number of amides is 1. The minimum Gasteiger partial charge on any atom is -0.497 e. The van der Waals surface area contributed by atoms with Crippen LogP contribution < -0.4 is 10.1 Å². The topological polar surface area (TPSA) is 113 Å². The lowest BCUT2D eigenvalue weighted by molar-refractivity contribution is -0.147. The second-order valence-corrected chi connectivity index (χ2v) is 9.53. The number of fused-ring (bicyclic) bond motifs is 1. The summed E-state index contributed by atoms with van der Waals surface area (Å²) >= 11 is 0. The number of methoxy groups -OCH3 is 1. The Morgan fingerprint density at radius 3 is 2.41 bits per heavy atom. The number of hydrogen-bond donors (Lipinski definition) is 2. The summed E-state index contributed by atoms with van der Waals surface area (Å²) in [6.45, 7) is 2.28. The van der Waals surface area contributed by atoms with E-state index < -0.39 is 34.0 Å². The molecule has 0 fully saturated rings. The van der Waals surface area contributed by atoms with Gasteiger partial charge in [-0.1, -0.05) is 44.0 Å². The van der Waals surface area contributed by atoms with Gasteiger partial charge in [-0.2, -0.15) is 0 Å². The quantitative estimate of drug-likeness (QED) is 0.591. The maximum atomic E-state index is 13.6. The zero-order chi connectivity index (χ0) is 23.3. The highest BCUT2D eigenvalue weighted by Gasteiger charge is 2.42.